The number of aryl methyl sites for hydroxylation is 1. The number of rotatable bonds is 6. The highest BCUT2D eigenvalue weighted by molar-refractivity contribution is 5.78. The van der Waals surface area contributed by atoms with Gasteiger partial charge in [-0.3, -0.25) is 9.59 Å². The van der Waals surface area contributed by atoms with E-state index in [1.54, 1.807) is 4.90 Å². The molecule has 2 heterocycles. The molecule has 1 fully saturated rings. The number of hydrogen-bond acceptors (Lipinski definition) is 4. The maximum atomic E-state index is 12.7. The van der Waals surface area contributed by atoms with Gasteiger partial charge in [-0.1, -0.05) is 0 Å². The lowest BCUT2D eigenvalue weighted by Crippen LogP contribution is -2.28. The summed E-state index contributed by atoms with van der Waals surface area (Å²) in [5.74, 6) is -0.283. The normalized spacial score (nSPS) is 15.0. The smallest absolute Gasteiger partial charge is 0.349 e. The van der Waals surface area contributed by atoms with Crippen molar-refractivity contribution in [3.8, 4) is 0 Å². The summed E-state index contributed by atoms with van der Waals surface area (Å²) in [6, 6.07) is 0.860. The minimum Gasteiger partial charge on any atom is -0.349 e. The zero-order chi connectivity index (χ0) is 17.7. The lowest BCUT2D eigenvalue weighted by atomic mass is 10.2. The molecule has 2 amide bonds. The average Bonchev–Trinajstić information content (AvgIpc) is 2.89. The molecule has 0 aromatic carbocycles. The summed E-state index contributed by atoms with van der Waals surface area (Å²) in [6.45, 7) is 2.52. The van der Waals surface area contributed by atoms with E-state index in [-0.39, 0.29) is 36.3 Å². The Morgan fingerprint density at radius 3 is 2.75 bits per heavy atom. The van der Waals surface area contributed by atoms with E-state index in [0.717, 1.165) is 19.0 Å². The van der Waals surface area contributed by atoms with Crippen LogP contribution in [-0.2, 0) is 22.3 Å². The van der Waals surface area contributed by atoms with Gasteiger partial charge in [0.2, 0.25) is 11.8 Å². The third-order valence-corrected chi connectivity index (χ3v) is 3.64. The van der Waals surface area contributed by atoms with E-state index in [2.05, 4.69) is 15.3 Å². The van der Waals surface area contributed by atoms with Crippen molar-refractivity contribution in [1.82, 2.24) is 20.2 Å². The van der Waals surface area contributed by atoms with Crippen LogP contribution >= 0.6 is 0 Å². The molecule has 2 rings (SSSR count). The van der Waals surface area contributed by atoms with Crippen LogP contribution in [0.5, 0.6) is 0 Å². The highest BCUT2D eigenvalue weighted by Gasteiger charge is 2.33. The fourth-order valence-electron chi connectivity index (χ4n) is 2.49. The third kappa shape index (κ3) is 5.17. The summed E-state index contributed by atoms with van der Waals surface area (Å²) in [5, 5.41) is 2.51. The number of nitrogens with one attached hydrogen (secondary N) is 1. The molecule has 1 saturated heterocycles. The number of aromatic nitrogens is 2. The largest absolute Gasteiger partial charge is 0.433 e. The first-order chi connectivity index (χ1) is 11.3. The third-order valence-electron chi connectivity index (χ3n) is 3.64. The molecule has 0 spiro atoms. The number of amides is 2. The van der Waals surface area contributed by atoms with Crippen molar-refractivity contribution < 1.29 is 22.8 Å². The predicted octanol–water partition coefficient (Wildman–Crippen LogP) is 1.82. The monoisotopic (exact) mass is 344 g/mol. The summed E-state index contributed by atoms with van der Waals surface area (Å²) in [7, 11) is 0. The van der Waals surface area contributed by atoms with Gasteiger partial charge in [-0.15, -0.1) is 0 Å². The molecule has 1 aromatic rings. The summed E-state index contributed by atoms with van der Waals surface area (Å²) in [6.07, 6.45) is -2.44. The Morgan fingerprint density at radius 2 is 2.12 bits per heavy atom. The Bertz CT molecular complexity index is 619. The number of carbonyl (C=O) groups excluding carboxylic acids is 2. The van der Waals surface area contributed by atoms with Crippen molar-refractivity contribution in [3.63, 3.8) is 0 Å². The molecule has 6 nitrogen and oxygen atoms in total. The number of carbonyl (C=O) groups is 2. The second kappa shape index (κ2) is 7.59. The van der Waals surface area contributed by atoms with E-state index in [1.807, 2.05) is 0 Å². The van der Waals surface area contributed by atoms with Gasteiger partial charge in [-0.25, -0.2) is 9.97 Å². The van der Waals surface area contributed by atoms with Crippen molar-refractivity contribution in [2.24, 2.45) is 0 Å². The van der Waals surface area contributed by atoms with Crippen molar-refractivity contribution in [2.45, 2.75) is 45.3 Å². The first kappa shape index (κ1) is 18.2. The lowest BCUT2D eigenvalue weighted by Gasteiger charge is -2.14. The van der Waals surface area contributed by atoms with Gasteiger partial charge < -0.3 is 10.2 Å². The number of halogens is 3. The molecule has 0 radical (unpaired) electrons. The molecule has 0 bridgehead atoms. The summed E-state index contributed by atoms with van der Waals surface area (Å²) >= 11 is 0. The molecule has 1 aliphatic heterocycles. The molecule has 0 aliphatic carbocycles. The first-order valence-electron chi connectivity index (χ1n) is 7.72. The maximum Gasteiger partial charge on any atom is 0.433 e. The van der Waals surface area contributed by atoms with Crippen molar-refractivity contribution >= 4 is 11.8 Å². The van der Waals surface area contributed by atoms with Gasteiger partial charge >= 0.3 is 6.18 Å². The van der Waals surface area contributed by atoms with Crippen LogP contribution in [0.3, 0.4) is 0 Å². The molecule has 9 heteroatoms. The number of alkyl halides is 3. The van der Waals surface area contributed by atoms with E-state index >= 15 is 0 Å². The second-order valence-electron chi connectivity index (χ2n) is 5.67. The van der Waals surface area contributed by atoms with Crippen LogP contribution in [0.1, 0.15) is 42.9 Å². The molecule has 132 valence electrons. The van der Waals surface area contributed by atoms with Gasteiger partial charge in [0.15, 0.2) is 0 Å². The van der Waals surface area contributed by atoms with E-state index in [1.165, 1.54) is 6.92 Å². The highest BCUT2D eigenvalue weighted by atomic mass is 19.4. The van der Waals surface area contributed by atoms with Gasteiger partial charge in [0.05, 0.1) is 6.54 Å². The highest BCUT2D eigenvalue weighted by Crippen LogP contribution is 2.27. The molecule has 1 aromatic heterocycles. The zero-order valence-corrected chi connectivity index (χ0v) is 13.3. The van der Waals surface area contributed by atoms with Gasteiger partial charge in [-0.05, 0) is 25.8 Å². The van der Waals surface area contributed by atoms with Gasteiger partial charge in [0, 0.05) is 31.6 Å². The Morgan fingerprint density at radius 1 is 1.38 bits per heavy atom. The Kier molecular flexibility index (Phi) is 5.74. The second-order valence-corrected chi connectivity index (χ2v) is 5.67. The fraction of sp³-hybridized carbons (Fsp3) is 0.600. The van der Waals surface area contributed by atoms with Crippen LogP contribution in [0.2, 0.25) is 0 Å². The standard InChI is InChI=1S/C15H19F3N4O2/c1-10-8-11(15(16,17)18)21-12(20-10)9-19-13(23)4-2-6-22-7-3-5-14(22)24/h8H,2-7,9H2,1H3,(H,19,23). The van der Waals surface area contributed by atoms with Crippen LogP contribution in [0.4, 0.5) is 13.2 Å². The van der Waals surface area contributed by atoms with E-state index in [0.29, 0.717) is 19.4 Å². The van der Waals surface area contributed by atoms with Gasteiger partial charge in [0.25, 0.3) is 0 Å². The Balaban J connectivity index is 1.79. The van der Waals surface area contributed by atoms with E-state index < -0.39 is 11.9 Å². The minimum atomic E-state index is -4.55. The SMILES string of the molecule is Cc1cc(C(F)(F)F)nc(CNC(=O)CCCN2CCCC2=O)n1. The Labute approximate surface area is 137 Å². The molecule has 0 unspecified atom stereocenters. The van der Waals surface area contributed by atoms with Crippen molar-refractivity contribution in [1.29, 1.82) is 0 Å². The maximum absolute atomic E-state index is 12.7. The van der Waals surface area contributed by atoms with E-state index in [9.17, 15) is 22.8 Å². The van der Waals surface area contributed by atoms with Gasteiger partial charge in [0.1, 0.15) is 11.5 Å². The summed E-state index contributed by atoms with van der Waals surface area (Å²) in [4.78, 5) is 32.2. The minimum absolute atomic E-state index is 0.0783. The topological polar surface area (TPSA) is 75.2 Å². The molecule has 0 atom stereocenters. The van der Waals surface area contributed by atoms with Crippen LogP contribution in [-0.4, -0.2) is 39.8 Å². The molecule has 0 saturated carbocycles. The average molecular weight is 344 g/mol. The Hall–Kier alpha value is -2.19. The van der Waals surface area contributed by atoms with Crippen LogP contribution in [0, 0.1) is 6.92 Å². The molecule has 1 N–H and O–H groups in total. The summed E-state index contributed by atoms with van der Waals surface area (Å²) < 4.78 is 38.0. The van der Waals surface area contributed by atoms with Crippen LogP contribution < -0.4 is 5.32 Å². The summed E-state index contributed by atoms with van der Waals surface area (Å²) in [5.41, 5.74) is -0.832. The van der Waals surface area contributed by atoms with E-state index in [4.69, 9.17) is 0 Å². The lowest BCUT2D eigenvalue weighted by molar-refractivity contribution is -0.141. The first-order valence-corrected chi connectivity index (χ1v) is 7.72. The number of hydrogen-bond donors (Lipinski definition) is 1. The molecule has 24 heavy (non-hydrogen) atoms. The predicted molar refractivity (Wildman–Crippen MR) is 78.7 cm³/mol. The van der Waals surface area contributed by atoms with Crippen molar-refractivity contribution in [3.05, 3.63) is 23.3 Å². The van der Waals surface area contributed by atoms with Gasteiger partial charge in [-0.2, -0.15) is 13.2 Å². The number of likely N-dealkylation sites (tertiary alicyclic amines) is 1. The van der Waals surface area contributed by atoms with Crippen molar-refractivity contribution in [2.75, 3.05) is 13.1 Å². The molecular formula is C15H19F3N4O2. The quantitative estimate of drug-likeness (QED) is 0.854. The fourth-order valence-corrected chi connectivity index (χ4v) is 2.49. The van der Waals surface area contributed by atoms with Crippen LogP contribution in [0.25, 0.3) is 0 Å². The molecule has 1 aliphatic rings. The molecular weight excluding hydrogens is 325 g/mol. The number of nitrogens with zero attached hydrogens (tertiary/aromatic N) is 3. The van der Waals surface area contributed by atoms with Crippen LogP contribution in [0.15, 0.2) is 6.07 Å². The zero-order valence-electron chi connectivity index (χ0n) is 13.3.